The van der Waals surface area contributed by atoms with Gasteiger partial charge in [0.1, 0.15) is 5.65 Å². The molecule has 0 aliphatic rings. The van der Waals surface area contributed by atoms with Crippen LogP contribution < -0.4 is 0 Å². The lowest BCUT2D eigenvalue weighted by molar-refractivity contribution is -0.136. The van der Waals surface area contributed by atoms with E-state index in [1.807, 2.05) is 31.5 Å². The van der Waals surface area contributed by atoms with Gasteiger partial charge in [-0.1, -0.05) is 6.92 Å². The number of likely N-dealkylation sites (N-methyl/N-ethyl adjacent to an activating group) is 1. The standard InChI is InChI=1S/C20H24F3N5O/c1-11(2)28-18(12(3)10-27(5)13(4)29)7-17(26-28)14-6-15-16(20(21,22)23)9-25-19(15)24-8-14/h6-9,11-12H,10H2,1-5H3,(H,24,25). The summed E-state index contributed by atoms with van der Waals surface area (Å²) in [5.41, 5.74) is 1.40. The van der Waals surface area contributed by atoms with Gasteiger partial charge in [-0.3, -0.25) is 9.48 Å². The Hall–Kier alpha value is -2.84. The Labute approximate surface area is 166 Å². The first-order valence-electron chi connectivity index (χ1n) is 9.35. The molecule has 0 saturated carbocycles. The van der Waals surface area contributed by atoms with Crippen LogP contribution >= 0.6 is 0 Å². The van der Waals surface area contributed by atoms with Gasteiger partial charge < -0.3 is 9.88 Å². The number of nitrogens with zero attached hydrogens (tertiary/aromatic N) is 4. The molecule has 3 aromatic rings. The van der Waals surface area contributed by atoms with Crippen molar-refractivity contribution in [3.05, 3.63) is 35.8 Å². The maximum absolute atomic E-state index is 13.3. The molecule has 3 aromatic heterocycles. The minimum Gasteiger partial charge on any atom is -0.346 e. The van der Waals surface area contributed by atoms with Crippen LogP contribution in [0.15, 0.2) is 24.5 Å². The van der Waals surface area contributed by atoms with E-state index < -0.39 is 11.7 Å². The lowest BCUT2D eigenvalue weighted by atomic mass is 10.0. The Morgan fingerprint density at radius 1 is 1.28 bits per heavy atom. The van der Waals surface area contributed by atoms with Crippen LogP contribution in [0.2, 0.25) is 0 Å². The van der Waals surface area contributed by atoms with Crippen molar-refractivity contribution >= 4 is 16.9 Å². The average molecular weight is 407 g/mol. The third-order valence-corrected chi connectivity index (χ3v) is 4.98. The molecular formula is C20H24F3N5O. The fourth-order valence-electron chi connectivity index (χ4n) is 3.34. The summed E-state index contributed by atoms with van der Waals surface area (Å²) in [6, 6.07) is 3.38. The maximum Gasteiger partial charge on any atom is 0.418 e. The summed E-state index contributed by atoms with van der Waals surface area (Å²) in [7, 11) is 1.73. The van der Waals surface area contributed by atoms with Gasteiger partial charge in [0.25, 0.3) is 0 Å². The monoisotopic (exact) mass is 407 g/mol. The van der Waals surface area contributed by atoms with E-state index in [9.17, 15) is 18.0 Å². The molecule has 156 valence electrons. The van der Waals surface area contributed by atoms with Crippen LogP contribution in [0.1, 0.15) is 50.9 Å². The normalized spacial score (nSPS) is 13.3. The third kappa shape index (κ3) is 4.13. The van der Waals surface area contributed by atoms with Crippen molar-refractivity contribution in [1.29, 1.82) is 0 Å². The molecule has 1 unspecified atom stereocenters. The van der Waals surface area contributed by atoms with E-state index in [0.29, 0.717) is 17.8 Å². The second-order valence-electron chi connectivity index (χ2n) is 7.61. The molecule has 0 bridgehead atoms. The lowest BCUT2D eigenvalue weighted by Crippen LogP contribution is -2.29. The second kappa shape index (κ2) is 7.53. The van der Waals surface area contributed by atoms with E-state index >= 15 is 0 Å². The minimum atomic E-state index is -4.47. The Morgan fingerprint density at radius 2 is 1.97 bits per heavy atom. The van der Waals surface area contributed by atoms with Gasteiger partial charge in [0.15, 0.2) is 0 Å². The SMILES string of the molecule is CC(=O)N(C)CC(C)c1cc(-c2cnc3[nH]cc(C(F)(F)F)c3c2)nn1C(C)C. The second-order valence-corrected chi connectivity index (χ2v) is 7.61. The van der Waals surface area contributed by atoms with Gasteiger partial charge in [-0.05, 0) is 26.0 Å². The number of carbonyl (C=O) groups is 1. The number of hydrogen-bond acceptors (Lipinski definition) is 3. The molecular weight excluding hydrogens is 383 g/mol. The molecule has 0 aromatic carbocycles. The quantitative estimate of drug-likeness (QED) is 0.672. The predicted molar refractivity (Wildman–Crippen MR) is 104 cm³/mol. The van der Waals surface area contributed by atoms with Gasteiger partial charge in [0.05, 0.1) is 11.3 Å². The molecule has 3 heterocycles. The summed E-state index contributed by atoms with van der Waals surface area (Å²) in [4.78, 5) is 19.9. The van der Waals surface area contributed by atoms with Crippen molar-refractivity contribution in [3.63, 3.8) is 0 Å². The van der Waals surface area contributed by atoms with Gasteiger partial charge in [-0.25, -0.2) is 4.98 Å². The molecule has 0 aliphatic heterocycles. The number of H-pyrrole nitrogens is 1. The molecule has 1 amide bonds. The van der Waals surface area contributed by atoms with E-state index in [1.54, 1.807) is 11.9 Å². The number of nitrogens with one attached hydrogen (secondary N) is 1. The van der Waals surface area contributed by atoms with Gasteiger partial charge in [-0.15, -0.1) is 0 Å². The molecule has 0 fully saturated rings. The highest BCUT2D eigenvalue weighted by atomic mass is 19.4. The van der Waals surface area contributed by atoms with Crippen LogP contribution in [0.4, 0.5) is 13.2 Å². The van der Waals surface area contributed by atoms with Crippen LogP contribution in [-0.4, -0.2) is 44.1 Å². The Bertz CT molecular complexity index is 1030. The summed E-state index contributed by atoms with van der Waals surface area (Å²) in [6.07, 6.45) is -2.02. The van der Waals surface area contributed by atoms with Crippen molar-refractivity contribution < 1.29 is 18.0 Å². The van der Waals surface area contributed by atoms with Crippen molar-refractivity contribution in [2.75, 3.05) is 13.6 Å². The highest BCUT2D eigenvalue weighted by Crippen LogP contribution is 2.36. The predicted octanol–water partition coefficient (Wildman–Crippen LogP) is 4.61. The van der Waals surface area contributed by atoms with Gasteiger partial charge >= 0.3 is 6.18 Å². The summed E-state index contributed by atoms with van der Waals surface area (Å²) in [5.74, 6) is -0.0308. The Morgan fingerprint density at radius 3 is 2.55 bits per heavy atom. The smallest absolute Gasteiger partial charge is 0.346 e. The minimum absolute atomic E-state index is 0.00207. The number of amides is 1. The lowest BCUT2D eigenvalue weighted by Gasteiger charge is -2.22. The zero-order valence-corrected chi connectivity index (χ0v) is 17.0. The summed E-state index contributed by atoms with van der Waals surface area (Å²) in [5, 5.41) is 4.63. The third-order valence-electron chi connectivity index (χ3n) is 4.98. The summed E-state index contributed by atoms with van der Waals surface area (Å²) in [6.45, 7) is 7.98. The van der Waals surface area contributed by atoms with E-state index in [-0.39, 0.29) is 28.9 Å². The first-order valence-corrected chi connectivity index (χ1v) is 9.35. The largest absolute Gasteiger partial charge is 0.418 e. The zero-order valence-electron chi connectivity index (χ0n) is 17.0. The molecule has 0 radical (unpaired) electrons. The first-order chi connectivity index (χ1) is 13.5. The van der Waals surface area contributed by atoms with E-state index in [0.717, 1.165) is 11.9 Å². The first kappa shape index (κ1) is 20.9. The van der Waals surface area contributed by atoms with Gasteiger partial charge in [0.2, 0.25) is 5.91 Å². The number of fused-ring (bicyclic) bond motifs is 1. The molecule has 1 atom stereocenters. The van der Waals surface area contributed by atoms with Crippen molar-refractivity contribution in [2.24, 2.45) is 0 Å². The highest BCUT2D eigenvalue weighted by Gasteiger charge is 2.34. The number of alkyl halides is 3. The molecule has 29 heavy (non-hydrogen) atoms. The van der Waals surface area contributed by atoms with E-state index in [2.05, 4.69) is 15.1 Å². The number of rotatable bonds is 5. The van der Waals surface area contributed by atoms with Crippen molar-refractivity contribution in [2.45, 2.75) is 45.8 Å². The van der Waals surface area contributed by atoms with Gasteiger partial charge in [0, 0.05) is 61.5 Å². The molecule has 0 spiro atoms. The maximum atomic E-state index is 13.3. The van der Waals surface area contributed by atoms with Crippen LogP contribution in [-0.2, 0) is 11.0 Å². The highest BCUT2D eigenvalue weighted by molar-refractivity contribution is 5.84. The number of halogens is 3. The molecule has 6 nitrogen and oxygen atoms in total. The van der Waals surface area contributed by atoms with Gasteiger partial charge in [-0.2, -0.15) is 18.3 Å². The fourth-order valence-corrected chi connectivity index (χ4v) is 3.34. The van der Waals surface area contributed by atoms with Crippen LogP contribution in [0.3, 0.4) is 0 Å². The van der Waals surface area contributed by atoms with Crippen LogP contribution in [0.5, 0.6) is 0 Å². The van der Waals surface area contributed by atoms with Crippen molar-refractivity contribution in [1.82, 2.24) is 24.6 Å². The molecule has 3 rings (SSSR count). The number of pyridine rings is 1. The fraction of sp³-hybridized carbons (Fsp3) is 0.450. The Kier molecular flexibility index (Phi) is 5.42. The zero-order chi connectivity index (χ0) is 21.5. The topological polar surface area (TPSA) is 66.8 Å². The van der Waals surface area contributed by atoms with E-state index in [4.69, 9.17) is 0 Å². The molecule has 9 heteroatoms. The molecule has 0 aliphatic carbocycles. The number of carbonyl (C=O) groups excluding carboxylic acids is 1. The Balaban J connectivity index is 2.04. The number of aromatic amines is 1. The van der Waals surface area contributed by atoms with Crippen LogP contribution in [0, 0.1) is 0 Å². The summed E-state index contributed by atoms with van der Waals surface area (Å²) < 4.78 is 41.6. The summed E-state index contributed by atoms with van der Waals surface area (Å²) >= 11 is 0. The average Bonchev–Trinajstić information content (AvgIpc) is 3.25. The van der Waals surface area contributed by atoms with E-state index in [1.165, 1.54) is 19.2 Å². The molecule has 0 saturated heterocycles. The molecule has 1 N–H and O–H groups in total. The number of aromatic nitrogens is 4. The van der Waals surface area contributed by atoms with Crippen molar-refractivity contribution in [3.8, 4) is 11.3 Å². The number of hydrogen-bond donors (Lipinski definition) is 1. The van der Waals surface area contributed by atoms with Crippen LogP contribution in [0.25, 0.3) is 22.3 Å².